The second-order valence-electron chi connectivity index (χ2n) is 5.95. The molecule has 0 aliphatic heterocycles. The van der Waals surface area contributed by atoms with Crippen molar-refractivity contribution < 1.29 is 22.0 Å². The van der Waals surface area contributed by atoms with Crippen molar-refractivity contribution in [2.45, 2.75) is 19.9 Å². The lowest BCUT2D eigenvalue weighted by Gasteiger charge is -2.22. The first-order valence-electron chi connectivity index (χ1n) is 7.92. The number of rotatable bonds is 7. The first kappa shape index (κ1) is 19.8. The van der Waals surface area contributed by atoms with Crippen LogP contribution in [0.4, 0.5) is 14.5 Å². The molecule has 8 heteroatoms. The van der Waals surface area contributed by atoms with Crippen molar-refractivity contribution in [2.24, 2.45) is 0 Å². The van der Waals surface area contributed by atoms with E-state index in [1.807, 2.05) is 31.2 Å². The van der Waals surface area contributed by atoms with Crippen LogP contribution in [0.3, 0.4) is 0 Å². The molecule has 0 atom stereocenters. The average molecular weight is 382 g/mol. The summed E-state index contributed by atoms with van der Waals surface area (Å²) in [5.41, 5.74) is 1.69. The fourth-order valence-corrected chi connectivity index (χ4v) is 3.39. The minimum atomic E-state index is -3.83. The molecule has 140 valence electrons. The van der Waals surface area contributed by atoms with E-state index in [9.17, 15) is 22.0 Å². The predicted molar refractivity (Wildman–Crippen MR) is 96.2 cm³/mol. The number of sulfonamides is 1. The van der Waals surface area contributed by atoms with Crippen LogP contribution in [-0.2, 0) is 21.4 Å². The summed E-state index contributed by atoms with van der Waals surface area (Å²) in [5.74, 6) is -2.19. The molecule has 2 rings (SSSR count). The van der Waals surface area contributed by atoms with Gasteiger partial charge >= 0.3 is 0 Å². The number of benzene rings is 2. The van der Waals surface area contributed by atoms with Crippen LogP contribution >= 0.6 is 0 Å². The highest BCUT2D eigenvalue weighted by atomic mass is 32.2. The van der Waals surface area contributed by atoms with E-state index in [0.717, 1.165) is 33.8 Å². The van der Waals surface area contributed by atoms with E-state index in [-0.39, 0.29) is 24.6 Å². The summed E-state index contributed by atoms with van der Waals surface area (Å²) in [4.78, 5) is 12.0. The number of carbonyl (C=O) groups is 1. The Labute approximate surface area is 151 Å². The lowest BCUT2D eigenvalue weighted by molar-refractivity contribution is -0.121. The van der Waals surface area contributed by atoms with Gasteiger partial charge in [0.1, 0.15) is 11.6 Å². The molecular formula is C18H20F2N2O3S. The summed E-state index contributed by atoms with van der Waals surface area (Å²) >= 11 is 0. The molecule has 0 spiro atoms. The lowest BCUT2D eigenvalue weighted by atomic mass is 10.1. The number of anilines is 1. The molecule has 1 amide bonds. The van der Waals surface area contributed by atoms with Crippen molar-refractivity contribution in [3.8, 4) is 0 Å². The van der Waals surface area contributed by atoms with Gasteiger partial charge in [-0.1, -0.05) is 29.8 Å². The number of amides is 1. The molecule has 0 aliphatic carbocycles. The number of aryl methyl sites for hydroxylation is 1. The van der Waals surface area contributed by atoms with Crippen molar-refractivity contribution in [1.29, 1.82) is 0 Å². The Morgan fingerprint density at radius 2 is 1.88 bits per heavy atom. The fraction of sp³-hybridized carbons (Fsp3) is 0.278. The summed E-state index contributed by atoms with van der Waals surface area (Å²) in [7, 11) is -3.83. The van der Waals surface area contributed by atoms with E-state index in [1.165, 1.54) is 0 Å². The quantitative estimate of drug-likeness (QED) is 0.801. The number of nitrogens with one attached hydrogen (secondary N) is 1. The SMILES string of the molecule is Cc1cccc(CNC(=O)CCN(c2ccc(F)cc2F)S(C)(=O)=O)c1. The first-order chi connectivity index (χ1) is 12.2. The Bertz CT molecular complexity index is 901. The van der Waals surface area contributed by atoms with Crippen molar-refractivity contribution in [3.05, 3.63) is 65.2 Å². The van der Waals surface area contributed by atoms with Gasteiger partial charge in [0.25, 0.3) is 0 Å². The van der Waals surface area contributed by atoms with Crippen LogP contribution in [0.2, 0.25) is 0 Å². The number of hydrogen-bond donors (Lipinski definition) is 1. The Kier molecular flexibility index (Phi) is 6.31. The minimum Gasteiger partial charge on any atom is -0.352 e. The summed E-state index contributed by atoms with van der Waals surface area (Å²) in [6.45, 7) is 2.00. The zero-order chi connectivity index (χ0) is 19.3. The topological polar surface area (TPSA) is 66.5 Å². The van der Waals surface area contributed by atoms with Crippen LogP contribution < -0.4 is 9.62 Å². The highest BCUT2D eigenvalue weighted by Gasteiger charge is 2.22. The van der Waals surface area contributed by atoms with E-state index in [4.69, 9.17) is 0 Å². The van der Waals surface area contributed by atoms with Gasteiger partial charge in [0.2, 0.25) is 15.9 Å². The van der Waals surface area contributed by atoms with Gasteiger partial charge < -0.3 is 5.32 Å². The van der Waals surface area contributed by atoms with Crippen molar-refractivity contribution >= 4 is 21.6 Å². The molecule has 2 aromatic carbocycles. The molecule has 26 heavy (non-hydrogen) atoms. The van der Waals surface area contributed by atoms with Gasteiger partial charge in [-0.3, -0.25) is 9.10 Å². The van der Waals surface area contributed by atoms with Crippen LogP contribution in [0.25, 0.3) is 0 Å². The highest BCUT2D eigenvalue weighted by molar-refractivity contribution is 7.92. The summed E-state index contributed by atoms with van der Waals surface area (Å²) in [6.07, 6.45) is 0.746. The molecule has 0 unspecified atom stereocenters. The van der Waals surface area contributed by atoms with Crippen LogP contribution in [0.5, 0.6) is 0 Å². The lowest BCUT2D eigenvalue weighted by Crippen LogP contribution is -2.35. The maximum Gasteiger partial charge on any atom is 0.232 e. The summed E-state index contributed by atoms with van der Waals surface area (Å²) in [6, 6.07) is 10.2. The van der Waals surface area contributed by atoms with E-state index >= 15 is 0 Å². The smallest absolute Gasteiger partial charge is 0.232 e. The number of nitrogens with zero attached hydrogens (tertiary/aromatic N) is 1. The zero-order valence-electron chi connectivity index (χ0n) is 14.5. The maximum absolute atomic E-state index is 13.9. The van der Waals surface area contributed by atoms with Gasteiger partial charge in [0.15, 0.2) is 0 Å². The van der Waals surface area contributed by atoms with E-state index < -0.39 is 21.7 Å². The standard InChI is InChI=1S/C18H20F2N2O3S/c1-13-4-3-5-14(10-13)12-21-18(23)8-9-22(26(2,24)25)17-7-6-15(19)11-16(17)20/h3-7,10-11H,8-9,12H2,1-2H3,(H,21,23). The van der Waals surface area contributed by atoms with Gasteiger partial charge in [-0.25, -0.2) is 17.2 Å². The Morgan fingerprint density at radius 1 is 1.15 bits per heavy atom. The van der Waals surface area contributed by atoms with Crippen LogP contribution in [-0.4, -0.2) is 27.1 Å². The van der Waals surface area contributed by atoms with Crippen molar-refractivity contribution in [2.75, 3.05) is 17.1 Å². The molecule has 0 bridgehead atoms. The van der Waals surface area contributed by atoms with E-state index in [2.05, 4.69) is 5.32 Å². The molecule has 0 aromatic heterocycles. The van der Waals surface area contributed by atoms with Gasteiger partial charge in [-0.05, 0) is 24.6 Å². The molecule has 0 radical (unpaired) electrons. The van der Waals surface area contributed by atoms with Gasteiger partial charge in [-0.15, -0.1) is 0 Å². The molecule has 0 saturated heterocycles. The normalized spacial score (nSPS) is 11.2. The van der Waals surface area contributed by atoms with Crippen LogP contribution in [0, 0.1) is 18.6 Å². The second kappa shape index (κ2) is 8.27. The van der Waals surface area contributed by atoms with Crippen molar-refractivity contribution in [1.82, 2.24) is 5.32 Å². The second-order valence-corrected chi connectivity index (χ2v) is 7.85. The van der Waals surface area contributed by atoms with Crippen molar-refractivity contribution in [3.63, 3.8) is 0 Å². The van der Waals surface area contributed by atoms with Crippen LogP contribution in [0.15, 0.2) is 42.5 Å². The van der Waals surface area contributed by atoms with Gasteiger partial charge in [-0.2, -0.15) is 0 Å². The Hall–Kier alpha value is -2.48. The third-order valence-corrected chi connectivity index (χ3v) is 4.87. The summed E-state index contributed by atoms with van der Waals surface area (Å²) < 4.78 is 51.6. The molecule has 0 saturated carbocycles. The third-order valence-electron chi connectivity index (χ3n) is 3.69. The monoisotopic (exact) mass is 382 g/mol. The Balaban J connectivity index is 2.02. The third kappa shape index (κ3) is 5.52. The fourth-order valence-electron chi connectivity index (χ4n) is 2.46. The van der Waals surface area contributed by atoms with E-state index in [1.54, 1.807) is 0 Å². The predicted octanol–water partition coefficient (Wildman–Crippen LogP) is 2.75. The zero-order valence-corrected chi connectivity index (χ0v) is 15.3. The number of halogens is 2. The molecule has 2 aromatic rings. The van der Waals surface area contributed by atoms with Gasteiger partial charge in [0, 0.05) is 25.6 Å². The Morgan fingerprint density at radius 3 is 2.50 bits per heavy atom. The maximum atomic E-state index is 13.9. The largest absolute Gasteiger partial charge is 0.352 e. The molecule has 5 nitrogen and oxygen atoms in total. The first-order valence-corrected chi connectivity index (χ1v) is 9.76. The summed E-state index contributed by atoms with van der Waals surface area (Å²) in [5, 5.41) is 2.69. The molecule has 0 fully saturated rings. The highest BCUT2D eigenvalue weighted by Crippen LogP contribution is 2.22. The van der Waals surface area contributed by atoms with E-state index in [0.29, 0.717) is 12.6 Å². The molecular weight excluding hydrogens is 362 g/mol. The minimum absolute atomic E-state index is 0.157. The molecule has 0 heterocycles. The number of carbonyl (C=O) groups excluding carboxylic acids is 1. The average Bonchev–Trinajstić information content (AvgIpc) is 2.54. The van der Waals surface area contributed by atoms with Gasteiger partial charge in [0.05, 0.1) is 11.9 Å². The molecule has 0 aliphatic rings. The molecule has 1 N–H and O–H groups in total. The van der Waals surface area contributed by atoms with Crippen LogP contribution in [0.1, 0.15) is 17.5 Å². The number of hydrogen-bond acceptors (Lipinski definition) is 3.